The smallest absolute Gasteiger partial charge is 0.153 e. The predicted molar refractivity (Wildman–Crippen MR) is 70.6 cm³/mol. The Labute approximate surface area is 106 Å². The molecule has 2 aromatic heterocycles. The number of aliphatic hydroxyl groups is 2. The molecule has 0 aliphatic carbocycles. The Bertz CT molecular complexity index is 536. The molecule has 0 bridgehead atoms. The third-order valence-corrected chi connectivity index (χ3v) is 2.78. The Morgan fingerprint density at radius 2 is 2.22 bits per heavy atom. The molecule has 0 fully saturated rings. The van der Waals surface area contributed by atoms with E-state index in [2.05, 4.69) is 11.6 Å². The summed E-state index contributed by atoms with van der Waals surface area (Å²) in [6.07, 6.45) is 3.61. The highest BCUT2D eigenvalue weighted by Crippen LogP contribution is 2.21. The first-order chi connectivity index (χ1) is 8.81. The van der Waals surface area contributed by atoms with Crippen molar-refractivity contribution in [3.63, 3.8) is 0 Å². The highest BCUT2D eigenvalue weighted by atomic mass is 16.3. The molecular weight excluding hydrogens is 230 g/mol. The normalized spacial score (nSPS) is 10.8. The van der Waals surface area contributed by atoms with Crippen LogP contribution < -0.4 is 4.90 Å². The number of fused-ring (bicyclic) bond motifs is 1. The summed E-state index contributed by atoms with van der Waals surface area (Å²) in [5.74, 6) is 0.692. The van der Waals surface area contributed by atoms with Crippen molar-refractivity contribution in [1.82, 2.24) is 9.38 Å². The van der Waals surface area contributed by atoms with E-state index in [1.54, 1.807) is 6.08 Å². The Morgan fingerprint density at radius 3 is 2.89 bits per heavy atom. The second kappa shape index (κ2) is 5.66. The number of pyridine rings is 1. The lowest BCUT2D eigenvalue weighted by molar-refractivity contribution is 0.275. The second-order valence-electron chi connectivity index (χ2n) is 3.93. The minimum atomic E-state index is -0.0976. The predicted octanol–water partition coefficient (Wildman–Crippen LogP) is 0.811. The molecule has 0 aromatic carbocycles. The lowest BCUT2D eigenvalue weighted by Crippen LogP contribution is -2.28. The van der Waals surface area contributed by atoms with Crippen molar-refractivity contribution >= 4 is 11.5 Å². The van der Waals surface area contributed by atoms with Crippen LogP contribution in [0.2, 0.25) is 0 Å². The summed E-state index contributed by atoms with van der Waals surface area (Å²) >= 11 is 0. The zero-order valence-electron chi connectivity index (χ0n) is 10.2. The first-order valence-corrected chi connectivity index (χ1v) is 5.85. The van der Waals surface area contributed by atoms with Gasteiger partial charge in [-0.25, -0.2) is 4.98 Å². The van der Waals surface area contributed by atoms with Crippen LogP contribution >= 0.6 is 0 Å². The molecule has 0 saturated heterocycles. The SMILES string of the molecule is C=CCN(CCO)c1nc2ccccn2c1CO. The van der Waals surface area contributed by atoms with E-state index in [0.717, 1.165) is 11.3 Å². The van der Waals surface area contributed by atoms with Crippen molar-refractivity contribution < 1.29 is 10.2 Å². The Hall–Kier alpha value is -1.85. The van der Waals surface area contributed by atoms with Gasteiger partial charge in [0.05, 0.1) is 18.9 Å². The maximum Gasteiger partial charge on any atom is 0.153 e. The summed E-state index contributed by atoms with van der Waals surface area (Å²) in [5, 5.41) is 18.6. The fourth-order valence-corrected chi connectivity index (χ4v) is 1.99. The van der Waals surface area contributed by atoms with Gasteiger partial charge in [0.1, 0.15) is 5.65 Å². The lowest BCUT2D eigenvalue weighted by Gasteiger charge is -2.20. The van der Waals surface area contributed by atoms with Crippen LogP contribution in [0.3, 0.4) is 0 Å². The zero-order chi connectivity index (χ0) is 13.0. The Kier molecular flexibility index (Phi) is 3.96. The minimum absolute atomic E-state index is 0.0343. The maximum atomic E-state index is 9.51. The van der Waals surface area contributed by atoms with Crippen LogP contribution in [0.4, 0.5) is 5.82 Å². The third-order valence-electron chi connectivity index (χ3n) is 2.78. The summed E-state index contributed by atoms with van der Waals surface area (Å²) in [4.78, 5) is 6.39. The highest BCUT2D eigenvalue weighted by molar-refractivity contribution is 5.56. The van der Waals surface area contributed by atoms with Gasteiger partial charge in [-0.2, -0.15) is 0 Å². The van der Waals surface area contributed by atoms with Gasteiger partial charge in [-0.15, -0.1) is 6.58 Å². The van der Waals surface area contributed by atoms with E-state index in [9.17, 15) is 5.11 Å². The number of imidazole rings is 1. The summed E-state index contributed by atoms with van der Waals surface area (Å²) in [7, 11) is 0. The molecule has 0 saturated carbocycles. The molecule has 0 aliphatic rings. The fraction of sp³-hybridized carbons (Fsp3) is 0.308. The quantitative estimate of drug-likeness (QED) is 0.742. The zero-order valence-corrected chi connectivity index (χ0v) is 10.2. The molecule has 2 N–H and O–H groups in total. The lowest BCUT2D eigenvalue weighted by atomic mass is 10.3. The van der Waals surface area contributed by atoms with Gasteiger partial charge in [0, 0.05) is 19.3 Å². The topological polar surface area (TPSA) is 61.0 Å². The minimum Gasteiger partial charge on any atom is -0.395 e. The second-order valence-corrected chi connectivity index (χ2v) is 3.93. The van der Waals surface area contributed by atoms with Gasteiger partial charge in [-0.05, 0) is 12.1 Å². The molecule has 0 radical (unpaired) electrons. The van der Waals surface area contributed by atoms with Crippen LogP contribution in [0.25, 0.3) is 5.65 Å². The van der Waals surface area contributed by atoms with Gasteiger partial charge < -0.3 is 15.1 Å². The van der Waals surface area contributed by atoms with Gasteiger partial charge in [0.25, 0.3) is 0 Å². The number of aromatic nitrogens is 2. The van der Waals surface area contributed by atoms with Crippen LogP contribution in [0.1, 0.15) is 5.69 Å². The van der Waals surface area contributed by atoms with Crippen LogP contribution in [0, 0.1) is 0 Å². The number of hydrogen-bond donors (Lipinski definition) is 2. The maximum absolute atomic E-state index is 9.51. The van der Waals surface area contributed by atoms with Gasteiger partial charge in [-0.3, -0.25) is 4.40 Å². The number of rotatable bonds is 6. The molecule has 2 rings (SSSR count). The van der Waals surface area contributed by atoms with Crippen molar-refractivity contribution in [3.8, 4) is 0 Å². The highest BCUT2D eigenvalue weighted by Gasteiger charge is 2.16. The molecule has 0 unspecified atom stereocenters. The van der Waals surface area contributed by atoms with Crippen LogP contribution in [-0.4, -0.2) is 39.3 Å². The monoisotopic (exact) mass is 247 g/mol. The molecule has 5 heteroatoms. The fourth-order valence-electron chi connectivity index (χ4n) is 1.99. The van der Waals surface area contributed by atoms with E-state index in [0.29, 0.717) is 18.9 Å². The van der Waals surface area contributed by atoms with Gasteiger partial charge >= 0.3 is 0 Å². The van der Waals surface area contributed by atoms with Crippen molar-refractivity contribution in [1.29, 1.82) is 0 Å². The Morgan fingerprint density at radius 1 is 1.39 bits per heavy atom. The van der Waals surface area contributed by atoms with E-state index >= 15 is 0 Å². The molecular formula is C13H17N3O2. The van der Waals surface area contributed by atoms with Crippen molar-refractivity contribution in [2.24, 2.45) is 0 Å². The molecule has 5 nitrogen and oxygen atoms in total. The average molecular weight is 247 g/mol. The molecule has 18 heavy (non-hydrogen) atoms. The van der Waals surface area contributed by atoms with Crippen LogP contribution in [0.15, 0.2) is 37.1 Å². The van der Waals surface area contributed by atoms with Crippen molar-refractivity contribution in [2.75, 3.05) is 24.6 Å². The first kappa shape index (κ1) is 12.6. The van der Waals surface area contributed by atoms with Crippen molar-refractivity contribution in [2.45, 2.75) is 6.61 Å². The summed E-state index contributed by atoms with van der Waals surface area (Å²) in [6, 6.07) is 5.67. The van der Waals surface area contributed by atoms with E-state index in [1.165, 1.54) is 0 Å². The molecule has 2 aromatic rings. The van der Waals surface area contributed by atoms with E-state index in [4.69, 9.17) is 5.11 Å². The molecule has 0 aliphatic heterocycles. The molecule has 0 spiro atoms. The summed E-state index contributed by atoms with van der Waals surface area (Å²) < 4.78 is 1.85. The van der Waals surface area contributed by atoms with Crippen molar-refractivity contribution in [3.05, 3.63) is 42.7 Å². The average Bonchev–Trinajstić information content (AvgIpc) is 2.76. The van der Waals surface area contributed by atoms with Gasteiger partial charge in [-0.1, -0.05) is 12.1 Å². The molecule has 0 atom stereocenters. The third kappa shape index (κ3) is 2.23. The summed E-state index contributed by atoms with van der Waals surface area (Å²) in [6.45, 7) is 4.68. The molecule has 96 valence electrons. The number of aliphatic hydroxyl groups excluding tert-OH is 2. The van der Waals surface area contributed by atoms with Crippen LogP contribution in [-0.2, 0) is 6.61 Å². The van der Waals surface area contributed by atoms with Gasteiger partial charge in [0.15, 0.2) is 5.82 Å². The first-order valence-electron chi connectivity index (χ1n) is 5.85. The molecule has 2 heterocycles. The summed E-state index contributed by atoms with van der Waals surface area (Å²) in [5.41, 5.74) is 1.50. The number of nitrogens with zero attached hydrogens (tertiary/aromatic N) is 3. The van der Waals surface area contributed by atoms with E-state index in [-0.39, 0.29) is 13.2 Å². The van der Waals surface area contributed by atoms with Crippen LogP contribution in [0.5, 0.6) is 0 Å². The standard InChI is InChI=1S/C13H17N3O2/c1-2-6-15(8-9-17)13-11(10-18)16-7-4-3-5-12(16)14-13/h2-5,7,17-18H,1,6,8-10H2. The number of anilines is 1. The largest absolute Gasteiger partial charge is 0.395 e. The number of hydrogen-bond acceptors (Lipinski definition) is 4. The Balaban J connectivity index is 2.50. The van der Waals surface area contributed by atoms with E-state index in [1.807, 2.05) is 33.7 Å². The van der Waals surface area contributed by atoms with E-state index < -0.39 is 0 Å². The van der Waals surface area contributed by atoms with Gasteiger partial charge in [0.2, 0.25) is 0 Å². The molecule has 0 amide bonds.